The van der Waals surface area contributed by atoms with Gasteiger partial charge in [-0.2, -0.15) is 0 Å². The summed E-state index contributed by atoms with van der Waals surface area (Å²) in [5.41, 5.74) is 3.31. The molecule has 3 aromatic carbocycles. The minimum Gasteiger partial charge on any atom is -0.497 e. The lowest BCUT2D eigenvalue weighted by Gasteiger charge is -2.28. The predicted octanol–water partition coefficient (Wildman–Crippen LogP) is 4.87. The number of ether oxygens (including phenoxy) is 1. The van der Waals surface area contributed by atoms with Crippen molar-refractivity contribution in [1.82, 2.24) is 4.90 Å². The topological polar surface area (TPSA) is 58.6 Å². The molecular weight excluding hydrogens is 395 g/mol. The predicted molar refractivity (Wildman–Crippen MR) is 116 cm³/mol. The maximum Gasteiger partial charge on any atom is 0.255 e. The summed E-state index contributed by atoms with van der Waals surface area (Å²) in [6, 6.07) is 18.9. The molecule has 0 saturated heterocycles. The lowest BCUT2D eigenvalue weighted by Crippen LogP contribution is -2.32. The molecule has 1 atom stereocenters. The number of aryl methyl sites for hydroxylation is 1. The fourth-order valence-corrected chi connectivity index (χ4v) is 3.82. The second-order valence-electron chi connectivity index (χ2n) is 7.60. The van der Waals surface area contributed by atoms with E-state index in [2.05, 4.69) is 5.32 Å². The minimum absolute atomic E-state index is 0.0432. The summed E-state index contributed by atoms with van der Waals surface area (Å²) in [6.07, 6.45) is 0.0432. The number of carbonyl (C=O) groups is 2. The first-order valence-corrected chi connectivity index (χ1v) is 10.0. The molecule has 0 aromatic heterocycles. The highest BCUT2D eigenvalue weighted by atomic mass is 19.1. The van der Waals surface area contributed by atoms with E-state index in [4.69, 9.17) is 4.74 Å². The zero-order valence-corrected chi connectivity index (χ0v) is 17.4. The maximum absolute atomic E-state index is 13.9. The quantitative estimate of drug-likeness (QED) is 0.621. The fraction of sp³-hybridized carbons (Fsp3) is 0.200. The first-order chi connectivity index (χ1) is 15.0. The molecule has 0 bridgehead atoms. The number of amides is 2. The third-order valence-electron chi connectivity index (χ3n) is 5.56. The van der Waals surface area contributed by atoms with E-state index in [1.165, 1.54) is 6.07 Å². The zero-order chi connectivity index (χ0) is 22.0. The highest BCUT2D eigenvalue weighted by Crippen LogP contribution is 2.34. The van der Waals surface area contributed by atoms with Crippen LogP contribution in [0.25, 0.3) is 0 Å². The van der Waals surface area contributed by atoms with Crippen LogP contribution in [0.5, 0.6) is 5.75 Å². The van der Waals surface area contributed by atoms with Gasteiger partial charge in [0.1, 0.15) is 11.6 Å². The molecule has 0 fully saturated rings. The summed E-state index contributed by atoms with van der Waals surface area (Å²) in [5.74, 6) is -0.0915. The third kappa shape index (κ3) is 4.28. The van der Waals surface area contributed by atoms with Gasteiger partial charge in [0.2, 0.25) is 5.91 Å². The van der Waals surface area contributed by atoms with Crippen molar-refractivity contribution in [2.75, 3.05) is 12.4 Å². The molecule has 4 rings (SSSR count). The van der Waals surface area contributed by atoms with Gasteiger partial charge in [-0.3, -0.25) is 9.59 Å². The van der Waals surface area contributed by atoms with Crippen molar-refractivity contribution in [2.45, 2.75) is 25.9 Å². The molecule has 1 heterocycles. The van der Waals surface area contributed by atoms with Crippen LogP contribution in [0.4, 0.5) is 10.1 Å². The Labute approximate surface area is 180 Å². The van der Waals surface area contributed by atoms with Gasteiger partial charge in [0, 0.05) is 17.8 Å². The molecule has 0 aliphatic carbocycles. The summed E-state index contributed by atoms with van der Waals surface area (Å²) in [6.45, 7) is 2.09. The number of nitrogens with one attached hydrogen (secondary N) is 1. The minimum atomic E-state index is -0.471. The van der Waals surface area contributed by atoms with E-state index in [-0.39, 0.29) is 24.1 Å². The van der Waals surface area contributed by atoms with E-state index in [0.717, 1.165) is 11.1 Å². The first kappa shape index (κ1) is 20.6. The Bertz CT molecular complexity index is 1130. The second kappa shape index (κ2) is 8.60. The summed E-state index contributed by atoms with van der Waals surface area (Å²) in [5, 5.41) is 2.75. The van der Waals surface area contributed by atoms with E-state index < -0.39 is 6.04 Å². The molecule has 0 unspecified atom stereocenters. The number of rotatable bonds is 6. The van der Waals surface area contributed by atoms with E-state index in [1.54, 1.807) is 37.1 Å². The highest BCUT2D eigenvalue weighted by Gasteiger charge is 2.34. The van der Waals surface area contributed by atoms with Crippen molar-refractivity contribution < 1.29 is 18.7 Å². The van der Waals surface area contributed by atoms with Crippen LogP contribution in [0, 0.1) is 12.7 Å². The molecule has 6 heteroatoms. The van der Waals surface area contributed by atoms with Crippen LogP contribution in [0.3, 0.4) is 0 Å². The number of hydrogen-bond acceptors (Lipinski definition) is 3. The Balaban J connectivity index is 1.60. The number of carbonyl (C=O) groups excluding carboxylic acids is 2. The summed E-state index contributed by atoms with van der Waals surface area (Å²) >= 11 is 0. The van der Waals surface area contributed by atoms with Gasteiger partial charge >= 0.3 is 0 Å². The Hall–Kier alpha value is -3.67. The SMILES string of the molecule is COc1ccc([C@@H](CC(=O)Nc2ccc(C)c(F)c2)N2Cc3ccccc3C2=O)cc1. The van der Waals surface area contributed by atoms with Gasteiger partial charge in [-0.15, -0.1) is 0 Å². The lowest BCUT2D eigenvalue weighted by molar-refractivity contribution is -0.117. The van der Waals surface area contributed by atoms with Crippen LogP contribution in [0.1, 0.15) is 39.5 Å². The average molecular weight is 418 g/mol. The largest absolute Gasteiger partial charge is 0.497 e. The number of fused-ring (bicyclic) bond motifs is 1. The number of methoxy groups -OCH3 is 1. The smallest absolute Gasteiger partial charge is 0.255 e. The number of hydrogen-bond donors (Lipinski definition) is 1. The first-order valence-electron chi connectivity index (χ1n) is 10.0. The molecule has 0 spiro atoms. The molecule has 5 nitrogen and oxygen atoms in total. The molecule has 2 amide bonds. The van der Waals surface area contributed by atoms with Crippen molar-refractivity contribution in [3.05, 3.63) is 94.8 Å². The molecule has 158 valence electrons. The van der Waals surface area contributed by atoms with Crippen LogP contribution in [-0.4, -0.2) is 23.8 Å². The van der Waals surface area contributed by atoms with Crippen molar-refractivity contribution in [1.29, 1.82) is 0 Å². The van der Waals surface area contributed by atoms with Crippen molar-refractivity contribution in [3.63, 3.8) is 0 Å². The van der Waals surface area contributed by atoms with Gasteiger partial charge in [0.15, 0.2) is 0 Å². The fourth-order valence-electron chi connectivity index (χ4n) is 3.82. The molecule has 1 aliphatic rings. The van der Waals surface area contributed by atoms with Crippen LogP contribution >= 0.6 is 0 Å². The van der Waals surface area contributed by atoms with Gasteiger partial charge in [-0.05, 0) is 53.9 Å². The van der Waals surface area contributed by atoms with Gasteiger partial charge in [-0.25, -0.2) is 4.39 Å². The number of nitrogens with zero attached hydrogens (tertiary/aromatic N) is 1. The van der Waals surface area contributed by atoms with E-state index >= 15 is 0 Å². The molecule has 0 saturated carbocycles. The van der Waals surface area contributed by atoms with Crippen LogP contribution in [-0.2, 0) is 11.3 Å². The molecule has 31 heavy (non-hydrogen) atoms. The van der Waals surface area contributed by atoms with Crippen LogP contribution in [0.2, 0.25) is 0 Å². The molecular formula is C25H23FN2O3. The Kier molecular flexibility index (Phi) is 5.71. The monoisotopic (exact) mass is 418 g/mol. The molecule has 1 aliphatic heterocycles. The number of benzene rings is 3. The van der Waals surface area contributed by atoms with E-state index in [9.17, 15) is 14.0 Å². The summed E-state index contributed by atoms with van der Waals surface area (Å²) < 4.78 is 19.1. The third-order valence-corrected chi connectivity index (χ3v) is 5.56. The van der Waals surface area contributed by atoms with Crippen molar-refractivity contribution in [3.8, 4) is 5.75 Å². The number of halogens is 1. The Morgan fingerprint density at radius 1 is 1.13 bits per heavy atom. The highest BCUT2D eigenvalue weighted by molar-refractivity contribution is 5.99. The Morgan fingerprint density at radius 3 is 2.55 bits per heavy atom. The van der Waals surface area contributed by atoms with E-state index in [1.807, 2.05) is 42.5 Å². The van der Waals surface area contributed by atoms with E-state index in [0.29, 0.717) is 29.1 Å². The number of anilines is 1. The van der Waals surface area contributed by atoms with Crippen LogP contribution < -0.4 is 10.1 Å². The van der Waals surface area contributed by atoms with Gasteiger partial charge in [0.05, 0.1) is 19.6 Å². The molecule has 3 aromatic rings. The van der Waals surface area contributed by atoms with Crippen LogP contribution in [0.15, 0.2) is 66.7 Å². The van der Waals surface area contributed by atoms with Crippen molar-refractivity contribution in [2.24, 2.45) is 0 Å². The Morgan fingerprint density at radius 2 is 1.87 bits per heavy atom. The van der Waals surface area contributed by atoms with Gasteiger partial charge in [-0.1, -0.05) is 36.4 Å². The standard InChI is InChI=1S/C25H23FN2O3/c1-16-7-10-19(13-22(16)26)27-24(29)14-23(17-8-11-20(31-2)12-9-17)28-15-18-5-3-4-6-21(18)25(28)30/h3-13,23H,14-15H2,1-2H3,(H,27,29)/t23-/m1/s1. The normalized spacial score (nSPS) is 13.6. The average Bonchev–Trinajstić information content (AvgIpc) is 3.11. The molecule has 1 N–H and O–H groups in total. The zero-order valence-electron chi connectivity index (χ0n) is 17.4. The lowest BCUT2D eigenvalue weighted by atomic mass is 10.0. The molecule has 0 radical (unpaired) electrons. The summed E-state index contributed by atoms with van der Waals surface area (Å²) in [4.78, 5) is 27.6. The van der Waals surface area contributed by atoms with Gasteiger partial charge in [0.25, 0.3) is 5.91 Å². The van der Waals surface area contributed by atoms with Crippen molar-refractivity contribution >= 4 is 17.5 Å². The maximum atomic E-state index is 13.9. The summed E-state index contributed by atoms with van der Waals surface area (Å²) in [7, 11) is 1.58. The van der Waals surface area contributed by atoms with Gasteiger partial charge < -0.3 is 15.0 Å². The second-order valence-corrected chi connectivity index (χ2v) is 7.60.